The summed E-state index contributed by atoms with van der Waals surface area (Å²) in [6, 6.07) is 20.3. The SMILES string of the molecule is CCC1=NC2(CCCC2)C(=O)N1Cc1ccc(-c2cc(-c3cc(C)ccn3)ccc2C#N)cc1. The molecule has 0 bridgehead atoms. The van der Waals surface area contributed by atoms with E-state index in [1.54, 1.807) is 6.20 Å². The van der Waals surface area contributed by atoms with Gasteiger partial charge < -0.3 is 0 Å². The molecule has 34 heavy (non-hydrogen) atoms. The quantitative estimate of drug-likeness (QED) is 0.476. The number of rotatable bonds is 5. The minimum Gasteiger partial charge on any atom is -0.294 e. The first kappa shape index (κ1) is 22.0. The molecular weight excluding hydrogens is 420 g/mol. The second kappa shape index (κ2) is 8.87. The molecule has 5 rings (SSSR count). The Morgan fingerprint density at radius 1 is 1.03 bits per heavy atom. The Balaban J connectivity index is 1.41. The van der Waals surface area contributed by atoms with Gasteiger partial charge in [-0.25, -0.2) is 0 Å². The van der Waals surface area contributed by atoms with E-state index in [1.165, 1.54) is 0 Å². The lowest BCUT2D eigenvalue weighted by atomic mass is 9.95. The number of hydrogen-bond acceptors (Lipinski definition) is 4. The van der Waals surface area contributed by atoms with Crippen molar-refractivity contribution in [1.29, 1.82) is 5.26 Å². The number of benzene rings is 2. The summed E-state index contributed by atoms with van der Waals surface area (Å²) < 4.78 is 0. The highest BCUT2D eigenvalue weighted by Crippen LogP contribution is 2.40. The molecular formula is C29H28N4O. The van der Waals surface area contributed by atoms with Crippen molar-refractivity contribution in [3.63, 3.8) is 0 Å². The molecule has 0 N–H and O–H groups in total. The van der Waals surface area contributed by atoms with Crippen LogP contribution in [0.3, 0.4) is 0 Å². The van der Waals surface area contributed by atoms with Crippen molar-refractivity contribution in [1.82, 2.24) is 9.88 Å². The molecule has 3 aromatic rings. The Labute approximate surface area is 200 Å². The van der Waals surface area contributed by atoms with Gasteiger partial charge in [-0.2, -0.15) is 5.26 Å². The highest BCUT2D eigenvalue weighted by Gasteiger charge is 2.49. The largest absolute Gasteiger partial charge is 0.294 e. The van der Waals surface area contributed by atoms with Crippen LogP contribution in [-0.4, -0.2) is 27.2 Å². The standard InChI is InChI=1S/C29H28N4O/c1-3-27-32-29(13-4-5-14-29)28(34)33(27)19-21-6-8-22(9-7-21)25-17-23(10-11-24(25)18-30)26-16-20(2)12-15-31-26/h6-12,15-17H,3-5,13-14,19H2,1-2H3. The first-order valence-corrected chi connectivity index (χ1v) is 12.0. The average Bonchev–Trinajstić information content (AvgIpc) is 3.45. The maximum Gasteiger partial charge on any atom is 0.256 e. The normalized spacial score (nSPS) is 16.7. The molecule has 0 atom stereocenters. The summed E-state index contributed by atoms with van der Waals surface area (Å²) in [6.45, 7) is 4.64. The van der Waals surface area contributed by atoms with Crippen molar-refractivity contribution in [2.45, 2.75) is 58.0 Å². The molecule has 2 aromatic carbocycles. The molecule has 1 amide bonds. The van der Waals surface area contributed by atoms with Crippen LogP contribution in [0, 0.1) is 18.3 Å². The smallest absolute Gasteiger partial charge is 0.256 e. The van der Waals surface area contributed by atoms with Crippen LogP contribution in [0.5, 0.6) is 0 Å². The third kappa shape index (κ3) is 3.90. The predicted octanol–water partition coefficient (Wildman–Crippen LogP) is 6.06. The number of carbonyl (C=O) groups is 1. The van der Waals surface area contributed by atoms with Gasteiger partial charge in [0.25, 0.3) is 5.91 Å². The van der Waals surface area contributed by atoms with Crippen LogP contribution in [-0.2, 0) is 11.3 Å². The average molecular weight is 449 g/mol. The lowest BCUT2D eigenvalue weighted by Gasteiger charge is -2.22. The number of nitriles is 1. The van der Waals surface area contributed by atoms with Crippen LogP contribution >= 0.6 is 0 Å². The van der Waals surface area contributed by atoms with Gasteiger partial charge in [0.15, 0.2) is 0 Å². The number of amidine groups is 1. The summed E-state index contributed by atoms with van der Waals surface area (Å²) in [4.78, 5) is 24.5. The molecule has 1 spiro atoms. The van der Waals surface area contributed by atoms with E-state index in [2.05, 4.69) is 18.0 Å². The molecule has 2 heterocycles. The van der Waals surface area contributed by atoms with E-state index in [4.69, 9.17) is 4.99 Å². The predicted molar refractivity (Wildman–Crippen MR) is 134 cm³/mol. The van der Waals surface area contributed by atoms with E-state index in [9.17, 15) is 10.1 Å². The third-order valence-corrected chi connectivity index (χ3v) is 7.00. The van der Waals surface area contributed by atoms with Crippen LogP contribution in [0.25, 0.3) is 22.4 Å². The third-order valence-electron chi connectivity index (χ3n) is 7.00. The van der Waals surface area contributed by atoms with Gasteiger partial charge in [0.05, 0.1) is 23.9 Å². The monoisotopic (exact) mass is 448 g/mol. The Kier molecular flexibility index (Phi) is 5.75. The lowest BCUT2D eigenvalue weighted by molar-refractivity contribution is -0.131. The summed E-state index contributed by atoms with van der Waals surface area (Å²) in [5.74, 6) is 1.07. The zero-order valence-electron chi connectivity index (χ0n) is 19.7. The second-order valence-electron chi connectivity index (χ2n) is 9.30. The van der Waals surface area contributed by atoms with E-state index in [1.807, 2.05) is 66.4 Å². The molecule has 5 nitrogen and oxygen atoms in total. The Morgan fingerprint density at radius 2 is 1.76 bits per heavy atom. The molecule has 1 fully saturated rings. The summed E-state index contributed by atoms with van der Waals surface area (Å²) in [5, 5.41) is 9.69. The number of hydrogen-bond donors (Lipinski definition) is 0. The van der Waals surface area contributed by atoms with Crippen molar-refractivity contribution < 1.29 is 4.79 Å². The fourth-order valence-corrected chi connectivity index (χ4v) is 5.15. The number of aromatic nitrogens is 1. The first-order valence-electron chi connectivity index (χ1n) is 12.0. The number of amides is 1. The van der Waals surface area contributed by atoms with Crippen molar-refractivity contribution in [2.24, 2.45) is 4.99 Å². The van der Waals surface area contributed by atoms with Crippen LogP contribution < -0.4 is 0 Å². The highest BCUT2D eigenvalue weighted by atomic mass is 16.2. The number of aryl methyl sites for hydroxylation is 1. The molecule has 1 aliphatic carbocycles. The van der Waals surface area contributed by atoms with Crippen molar-refractivity contribution in [3.8, 4) is 28.5 Å². The Hall–Kier alpha value is -3.78. The van der Waals surface area contributed by atoms with Crippen molar-refractivity contribution in [3.05, 3.63) is 77.5 Å². The van der Waals surface area contributed by atoms with Gasteiger partial charge in [-0.3, -0.25) is 19.7 Å². The van der Waals surface area contributed by atoms with Gasteiger partial charge in [-0.1, -0.05) is 50.1 Å². The molecule has 5 heteroatoms. The summed E-state index contributed by atoms with van der Waals surface area (Å²) in [5.41, 5.74) is 6.05. The number of pyridine rings is 1. The van der Waals surface area contributed by atoms with Crippen molar-refractivity contribution >= 4 is 11.7 Å². The van der Waals surface area contributed by atoms with E-state index in [-0.39, 0.29) is 5.91 Å². The minimum atomic E-state index is -0.503. The van der Waals surface area contributed by atoms with Gasteiger partial charge in [-0.15, -0.1) is 0 Å². The zero-order valence-corrected chi connectivity index (χ0v) is 19.7. The number of carbonyl (C=O) groups excluding carboxylic acids is 1. The molecule has 0 radical (unpaired) electrons. The molecule has 2 aliphatic rings. The van der Waals surface area contributed by atoms with Crippen LogP contribution in [0.15, 0.2) is 65.8 Å². The first-order chi connectivity index (χ1) is 16.5. The maximum atomic E-state index is 13.2. The number of aliphatic imine (C=N–C) groups is 1. The van der Waals surface area contributed by atoms with Crippen LogP contribution in [0.4, 0.5) is 0 Å². The van der Waals surface area contributed by atoms with Gasteiger partial charge in [-0.05, 0) is 60.7 Å². The van der Waals surface area contributed by atoms with E-state index < -0.39 is 5.54 Å². The van der Waals surface area contributed by atoms with Crippen LogP contribution in [0.2, 0.25) is 0 Å². The van der Waals surface area contributed by atoms with Gasteiger partial charge in [0.2, 0.25) is 0 Å². The molecule has 1 saturated carbocycles. The van der Waals surface area contributed by atoms with Gasteiger partial charge in [0, 0.05) is 23.7 Å². The maximum absolute atomic E-state index is 13.2. The van der Waals surface area contributed by atoms with Gasteiger partial charge >= 0.3 is 0 Å². The fourth-order valence-electron chi connectivity index (χ4n) is 5.15. The van der Waals surface area contributed by atoms with E-state index >= 15 is 0 Å². The summed E-state index contributed by atoms with van der Waals surface area (Å²) in [6.07, 6.45) is 6.46. The fraction of sp³-hybridized carbons (Fsp3) is 0.310. The molecule has 1 aliphatic heterocycles. The topological polar surface area (TPSA) is 69.3 Å². The lowest BCUT2D eigenvalue weighted by Crippen LogP contribution is -2.40. The van der Waals surface area contributed by atoms with E-state index in [0.717, 1.165) is 71.5 Å². The van der Waals surface area contributed by atoms with Gasteiger partial charge in [0.1, 0.15) is 11.4 Å². The molecule has 170 valence electrons. The van der Waals surface area contributed by atoms with E-state index in [0.29, 0.717) is 12.1 Å². The second-order valence-corrected chi connectivity index (χ2v) is 9.30. The number of nitrogens with zero attached hydrogens (tertiary/aromatic N) is 4. The molecule has 1 aromatic heterocycles. The Morgan fingerprint density at radius 3 is 2.44 bits per heavy atom. The highest BCUT2D eigenvalue weighted by molar-refractivity contribution is 6.08. The minimum absolute atomic E-state index is 0.163. The van der Waals surface area contributed by atoms with Crippen molar-refractivity contribution in [2.75, 3.05) is 0 Å². The molecule has 0 unspecified atom stereocenters. The summed E-state index contributed by atoms with van der Waals surface area (Å²) >= 11 is 0. The molecule has 0 saturated heterocycles. The summed E-state index contributed by atoms with van der Waals surface area (Å²) in [7, 11) is 0. The van der Waals surface area contributed by atoms with Crippen LogP contribution in [0.1, 0.15) is 55.7 Å². The zero-order chi connectivity index (χ0) is 23.7. The Bertz CT molecular complexity index is 1310.